The molecule has 0 saturated heterocycles. The van der Waals surface area contributed by atoms with E-state index in [0.29, 0.717) is 16.8 Å². The van der Waals surface area contributed by atoms with Crippen LogP contribution < -0.4 is 10.5 Å². The van der Waals surface area contributed by atoms with Gasteiger partial charge in [0, 0.05) is 6.54 Å². The van der Waals surface area contributed by atoms with Crippen LogP contribution in [0.2, 0.25) is 0 Å². The minimum Gasteiger partial charge on any atom is -0.494 e. The minimum atomic E-state index is -0.873. The molecule has 1 unspecified atom stereocenters. The molecule has 1 heterocycles. The van der Waals surface area contributed by atoms with Crippen LogP contribution in [-0.2, 0) is 0 Å². The van der Waals surface area contributed by atoms with E-state index in [2.05, 4.69) is 4.98 Å². The van der Waals surface area contributed by atoms with E-state index in [0.717, 1.165) is 0 Å². The van der Waals surface area contributed by atoms with Crippen molar-refractivity contribution in [3.05, 3.63) is 24.1 Å². The Morgan fingerprint density at radius 2 is 2.40 bits per heavy atom. The number of para-hydroxylation sites is 1. The average molecular weight is 208 g/mol. The Morgan fingerprint density at radius 3 is 3.07 bits per heavy atom. The topological polar surface area (TPSA) is 81.5 Å². The van der Waals surface area contributed by atoms with Crippen LogP contribution in [-0.4, -0.2) is 23.7 Å². The molecule has 0 spiro atoms. The summed E-state index contributed by atoms with van der Waals surface area (Å²) in [5, 5.41) is 9.47. The lowest BCUT2D eigenvalue weighted by atomic mass is 10.3. The Labute approximate surface area is 86.5 Å². The first kappa shape index (κ1) is 9.95. The molecule has 1 aromatic heterocycles. The van der Waals surface area contributed by atoms with Crippen molar-refractivity contribution in [3.8, 4) is 5.75 Å². The number of ether oxygens (including phenoxy) is 1. The van der Waals surface area contributed by atoms with Gasteiger partial charge in [0.2, 0.25) is 5.89 Å². The fourth-order valence-corrected chi connectivity index (χ4v) is 1.35. The van der Waals surface area contributed by atoms with E-state index in [1.807, 2.05) is 0 Å². The number of nitrogens with zero attached hydrogens (tertiary/aromatic N) is 1. The second kappa shape index (κ2) is 3.88. The number of aliphatic hydroxyl groups is 1. The van der Waals surface area contributed by atoms with Crippen LogP contribution in [0.25, 0.3) is 11.1 Å². The van der Waals surface area contributed by atoms with Gasteiger partial charge in [-0.05, 0) is 12.1 Å². The summed E-state index contributed by atoms with van der Waals surface area (Å²) in [4.78, 5) is 4.13. The Kier molecular flexibility index (Phi) is 2.57. The number of benzene rings is 1. The van der Waals surface area contributed by atoms with Gasteiger partial charge in [-0.15, -0.1) is 0 Å². The molecule has 5 nitrogen and oxygen atoms in total. The van der Waals surface area contributed by atoms with E-state index in [-0.39, 0.29) is 12.4 Å². The lowest BCUT2D eigenvalue weighted by Gasteiger charge is -1.99. The summed E-state index contributed by atoms with van der Waals surface area (Å²) in [5.41, 5.74) is 6.50. The smallest absolute Gasteiger partial charge is 0.225 e. The molecule has 0 radical (unpaired) electrons. The summed E-state index contributed by atoms with van der Waals surface area (Å²) in [6, 6.07) is 5.34. The second-order valence-corrected chi connectivity index (χ2v) is 3.11. The van der Waals surface area contributed by atoms with Crippen LogP contribution in [0, 0.1) is 0 Å². The summed E-state index contributed by atoms with van der Waals surface area (Å²) >= 11 is 0. The van der Waals surface area contributed by atoms with Crippen LogP contribution in [0.15, 0.2) is 22.6 Å². The molecule has 5 heteroatoms. The molecule has 15 heavy (non-hydrogen) atoms. The molecule has 0 fully saturated rings. The van der Waals surface area contributed by atoms with Crippen molar-refractivity contribution in [1.82, 2.24) is 4.98 Å². The fraction of sp³-hybridized carbons (Fsp3) is 0.300. The highest BCUT2D eigenvalue weighted by atomic mass is 16.5. The Bertz CT molecular complexity index is 467. The highest BCUT2D eigenvalue weighted by Gasteiger charge is 2.15. The monoisotopic (exact) mass is 208 g/mol. The first-order chi connectivity index (χ1) is 7.26. The molecule has 0 aliphatic carbocycles. The van der Waals surface area contributed by atoms with Crippen LogP contribution in [0.4, 0.5) is 0 Å². The van der Waals surface area contributed by atoms with Crippen LogP contribution in [0.1, 0.15) is 12.0 Å². The molecule has 0 saturated carbocycles. The molecule has 2 aromatic rings. The molecular weight excluding hydrogens is 196 g/mol. The van der Waals surface area contributed by atoms with Crippen molar-refractivity contribution in [2.45, 2.75) is 6.10 Å². The number of oxazole rings is 1. The molecule has 0 bridgehead atoms. The molecule has 80 valence electrons. The van der Waals surface area contributed by atoms with E-state index in [9.17, 15) is 5.11 Å². The molecule has 0 aliphatic heterocycles. The number of hydrogen-bond acceptors (Lipinski definition) is 5. The number of hydrogen-bond donors (Lipinski definition) is 2. The number of methoxy groups -OCH3 is 1. The number of fused-ring (bicyclic) bond motifs is 1. The van der Waals surface area contributed by atoms with E-state index in [4.69, 9.17) is 14.9 Å². The second-order valence-electron chi connectivity index (χ2n) is 3.11. The van der Waals surface area contributed by atoms with Gasteiger partial charge in [0.1, 0.15) is 11.9 Å². The normalized spacial score (nSPS) is 13.0. The maximum atomic E-state index is 9.47. The lowest BCUT2D eigenvalue weighted by Crippen LogP contribution is -2.11. The first-order valence-electron chi connectivity index (χ1n) is 4.58. The lowest BCUT2D eigenvalue weighted by molar-refractivity contribution is 0.154. The molecule has 1 atom stereocenters. The zero-order valence-corrected chi connectivity index (χ0v) is 8.30. The standard InChI is InChI=1S/C10H12N2O3/c1-14-7-3-2-4-8-9(7)12-10(15-8)6(13)5-11/h2-4,6,13H,5,11H2,1H3. The maximum absolute atomic E-state index is 9.47. The predicted octanol–water partition coefficient (Wildman–Crippen LogP) is 0.829. The van der Waals surface area contributed by atoms with E-state index >= 15 is 0 Å². The number of aliphatic hydroxyl groups excluding tert-OH is 1. The van der Waals surface area contributed by atoms with Gasteiger partial charge >= 0.3 is 0 Å². The largest absolute Gasteiger partial charge is 0.494 e. The zero-order valence-electron chi connectivity index (χ0n) is 8.30. The van der Waals surface area contributed by atoms with Gasteiger partial charge in [-0.3, -0.25) is 0 Å². The van der Waals surface area contributed by atoms with Crippen molar-refractivity contribution in [2.75, 3.05) is 13.7 Å². The van der Waals surface area contributed by atoms with Gasteiger partial charge in [0.05, 0.1) is 7.11 Å². The van der Waals surface area contributed by atoms with Crippen molar-refractivity contribution in [1.29, 1.82) is 0 Å². The predicted molar refractivity (Wildman–Crippen MR) is 54.6 cm³/mol. The van der Waals surface area contributed by atoms with Gasteiger partial charge < -0.3 is 20.0 Å². The maximum Gasteiger partial charge on any atom is 0.225 e. The van der Waals surface area contributed by atoms with Crippen LogP contribution in [0.5, 0.6) is 5.75 Å². The minimum absolute atomic E-state index is 0.0785. The van der Waals surface area contributed by atoms with E-state index in [1.165, 1.54) is 0 Å². The Morgan fingerprint density at radius 1 is 1.60 bits per heavy atom. The van der Waals surface area contributed by atoms with Crippen LogP contribution in [0.3, 0.4) is 0 Å². The molecule has 0 amide bonds. The van der Waals surface area contributed by atoms with Crippen molar-refractivity contribution >= 4 is 11.1 Å². The van der Waals surface area contributed by atoms with Gasteiger partial charge in [-0.1, -0.05) is 6.07 Å². The summed E-state index contributed by atoms with van der Waals surface area (Å²) in [7, 11) is 1.56. The fourth-order valence-electron chi connectivity index (χ4n) is 1.35. The summed E-state index contributed by atoms with van der Waals surface area (Å²) < 4.78 is 10.5. The molecule has 0 aliphatic rings. The van der Waals surface area contributed by atoms with Crippen molar-refractivity contribution in [3.63, 3.8) is 0 Å². The van der Waals surface area contributed by atoms with Crippen molar-refractivity contribution in [2.24, 2.45) is 5.73 Å². The molecular formula is C10H12N2O3. The highest BCUT2D eigenvalue weighted by Crippen LogP contribution is 2.27. The number of aromatic nitrogens is 1. The third-order valence-corrected chi connectivity index (χ3v) is 2.13. The molecule has 2 rings (SSSR count). The van der Waals surface area contributed by atoms with Crippen LogP contribution >= 0.6 is 0 Å². The molecule has 1 aromatic carbocycles. The third kappa shape index (κ3) is 1.67. The van der Waals surface area contributed by atoms with Gasteiger partial charge in [0.15, 0.2) is 11.1 Å². The van der Waals surface area contributed by atoms with Gasteiger partial charge in [-0.2, -0.15) is 0 Å². The Hall–Kier alpha value is -1.59. The summed E-state index contributed by atoms with van der Waals surface area (Å²) in [6.07, 6.45) is -0.873. The number of rotatable bonds is 3. The third-order valence-electron chi connectivity index (χ3n) is 2.13. The zero-order chi connectivity index (χ0) is 10.8. The van der Waals surface area contributed by atoms with E-state index in [1.54, 1.807) is 25.3 Å². The quantitative estimate of drug-likeness (QED) is 0.780. The Balaban J connectivity index is 2.55. The molecule has 3 N–H and O–H groups in total. The van der Waals surface area contributed by atoms with Gasteiger partial charge in [-0.25, -0.2) is 4.98 Å². The number of nitrogens with two attached hydrogens (primary N) is 1. The SMILES string of the molecule is COc1cccc2oc(C(O)CN)nc12. The summed E-state index contributed by atoms with van der Waals surface area (Å²) in [5.74, 6) is 0.837. The average Bonchev–Trinajstić information content (AvgIpc) is 2.71. The van der Waals surface area contributed by atoms with Gasteiger partial charge in [0.25, 0.3) is 0 Å². The first-order valence-corrected chi connectivity index (χ1v) is 4.58. The summed E-state index contributed by atoms with van der Waals surface area (Å²) in [6.45, 7) is 0.0785. The van der Waals surface area contributed by atoms with Crippen molar-refractivity contribution < 1.29 is 14.3 Å². The van der Waals surface area contributed by atoms with E-state index < -0.39 is 6.10 Å². The highest BCUT2D eigenvalue weighted by molar-refractivity contribution is 5.79.